The van der Waals surface area contributed by atoms with Crippen molar-refractivity contribution in [2.24, 2.45) is 11.8 Å². The van der Waals surface area contributed by atoms with Crippen molar-refractivity contribution in [1.29, 1.82) is 0 Å². The maximum absolute atomic E-state index is 13.2. The SMILES string of the molecule is COc1cc(-c2nc(-c3cccs3)c(-c3ccccc3)[nH]2)cc(OC)c1OC(=O)[C@@H](NC(=O)CC(C)C)C(C)C. The third-order valence-corrected chi connectivity index (χ3v) is 7.16. The standard InChI is InChI=1S/C31H35N3O5S/c1-18(2)15-25(35)32-26(19(3)4)31(36)39-29-22(37-5)16-21(17-23(29)38-6)30-33-27(20-11-8-7-9-12-20)28(34-30)24-13-10-14-40-24/h7-14,16-19,26H,15H2,1-6H3,(H,32,35)(H,33,34)/t26-/m0/s1. The minimum atomic E-state index is -0.827. The van der Waals surface area contributed by atoms with Gasteiger partial charge in [0.1, 0.15) is 17.6 Å². The molecule has 4 rings (SSSR count). The van der Waals surface area contributed by atoms with E-state index in [9.17, 15) is 9.59 Å². The molecule has 2 aromatic heterocycles. The molecular formula is C31H35N3O5S. The molecule has 2 heterocycles. The summed E-state index contributed by atoms with van der Waals surface area (Å²) in [5, 5.41) is 4.83. The van der Waals surface area contributed by atoms with Gasteiger partial charge in [-0.05, 0) is 35.4 Å². The Hall–Kier alpha value is -4.11. The number of ether oxygens (including phenoxy) is 3. The number of aromatic nitrogens is 2. The smallest absolute Gasteiger partial charge is 0.334 e. The monoisotopic (exact) mass is 561 g/mol. The van der Waals surface area contributed by atoms with Crippen molar-refractivity contribution >= 4 is 23.2 Å². The van der Waals surface area contributed by atoms with E-state index in [1.165, 1.54) is 14.2 Å². The molecule has 8 nitrogen and oxygen atoms in total. The minimum Gasteiger partial charge on any atom is -0.493 e. The number of nitrogens with zero attached hydrogens (tertiary/aromatic N) is 1. The van der Waals surface area contributed by atoms with Crippen LogP contribution in [0, 0.1) is 11.8 Å². The fourth-order valence-corrected chi connectivity index (χ4v) is 5.02. The Labute approximate surface area is 238 Å². The molecule has 40 heavy (non-hydrogen) atoms. The maximum Gasteiger partial charge on any atom is 0.334 e. The number of nitrogens with one attached hydrogen (secondary N) is 2. The molecular weight excluding hydrogens is 526 g/mol. The van der Waals surface area contributed by atoms with Crippen LogP contribution in [0.5, 0.6) is 17.2 Å². The second-order valence-corrected chi connectivity index (χ2v) is 11.1. The van der Waals surface area contributed by atoms with Crippen LogP contribution >= 0.6 is 11.3 Å². The van der Waals surface area contributed by atoms with Crippen molar-refractivity contribution < 1.29 is 23.8 Å². The Morgan fingerprint density at radius 1 is 0.950 bits per heavy atom. The van der Waals surface area contributed by atoms with Gasteiger partial charge in [-0.1, -0.05) is 64.1 Å². The van der Waals surface area contributed by atoms with E-state index in [2.05, 4.69) is 10.3 Å². The molecule has 0 unspecified atom stereocenters. The zero-order valence-electron chi connectivity index (χ0n) is 23.6. The predicted octanol–water partition coefficient (Wildman–Crippen LogP) is 6.58. The molecule has 2 N–H and O–H groups in total. The van der Waals surface area contributed by atoms with Gasteiger partial charge in [0.2, 0.25) is 11.7 Å². The van der Waals surface area contributed by atoms with Gasteiger partial charge < -0.3 is 24.5 Å². The van der Waals surface area contributed by atoms with Crippen LogP contribution in [0.1, 0.15) is 34.1 Å². The van der Waals surface area contributed by atoms with Crippen LogP contribution in [0.25, 0.3) is 33.2 Å². The molecule has 0 spiro atoms. The van der Waals surface area contributed by atoms with Crippen molar-refractivity contribution in [3.63, 3.8) is 0 Å². The lowest BCUT2D eigenvalue weighted by Crippen LogP contribution is -2.46. The lowest BCUT2D eigenvalue weighted by molar-refractivity contribution is -0.141. The summed E-state index contributed by atoms with van der Waals surface area (Å²) < 4.78 is 17.1. The summed E-state index contributed by atoms with van der Waals surface area (Å²) >= 11 is 1.61. The van der Waals surface area contributed by atoms with Gasteiger partial charge in [0.15, 0.2) is 11.5 Å². The molecule has 0 aliphatic carbocycles. The summed E-state index contributed by atoms with van der Waals surface area (Å²) in [6, 6.07) is 16.7. The van der Waals surface area contributed by atoms with Gasteiger partial charge >= 0.3 is 5.97 Å². The Morgan fingerprint density at radius 2 is 1.62 bits per heavy atom. The first-order valence-corrected chi connectivity index (χ1v) is 14.1. The number of imidazole rings is 1. The summed E-state index contributed by atoms with van der Waals surface area (Å²) in [6.45, 7) is 7.60. The molecule has 210 valence electrons. The van der Waals surface area contributed by atoms with Crippen LogP contribution in [-0.4, -0.2) is 42.1 Å². The quantitative estimate of drug-likeness (QED) is 0.158. The van der Waals surface area contributed by atoms with Gasteiger partial charge in [-0.15, -0.1) is 11.3 Å². The third kappa shape index (κ3) is 6.54. The topological polar surface area (TPSA) is 103 Å². The fourth-order valence-electron chi connectivity index (χ4n) is 4.30. The van der Waals surface area contributed by atoms with Gasteiger partial charge in [-0.3, -0.25) is 4.79 Å². The average molecular weight is 562 g/mol. The van der Waals surface area contributed by atoms with Gasteiger partial charge in [-0.25, -0.2) is 9.78 Å². The second-order valence-electron chi connectivity index (χ2n) is 10.2. The van der Waals surface area contributed by atoms with E-state index in [0.29, 0.717) is 29.3 Å². The first-order valence-electron chi connectivity index (χ1n) is 13.2. The summed E-state index contributed by atoms with van der Waals surface area (Å²) in [5.74, 6) is 0.530. The number of methoxy groups -OCH3 is 2. The zero-order chi connectivity index (χ0) is 28.8. The van der Waals surface area contributed by atoms with E-state index in [1.807, 2.05) is 75.5 Å². The zero-order valence-corrected chi connectivity index (χ0v) is 24.4. The number of carbonyl (C=O) groups excluding carboxylic acids is 2. The number of H-pyrrole nitrogens is 1. The van der Waals surface area contributed by atoms with E-state index < -0.39 is 12.0 Å². The number of rotatable bonds is 11. The van der Waals surface area contributed by atoms with Crippen molar-refractivity contribution in [2.75, 3.05) is 14.2 Å². The molecule has 9 heteroatoms. The molecule has 2 aromatic carbocycles. The molecule has 0 saturated carbocycles. The van der Waals surface area contributed by atoms with Crippen molar-refractivity contribution in [3.05, 3.63) is 60.0 Å². The normalized spacial score (nSPS) is 11.9. The first-order chi connectivity index (χ1) is 19.2. The lowest BCUT2D eigenvalue weighted by atomic mass is 10.0. The summed E-state index contributed by atoms with van der Waals surface area (Å²) in [6.07, 6.45) is 0.319. The Morgan fingerprint density at radius 3 is 2.17 bits per heavy atom. The predicted molar refractivity (Wildman–Crippen MR) is 158 cm³/mol. The number of thiophene rings is 1. The highest BCUT2D eigenvalue weighted by atomic mass is 32.1. The summed E-state index contributed by atoms with van der Waals surface area (Å²) in [5.41, 5.74) is 3.43. The first kappa shape index (κ1) is 28.9. The van der Waals surface area contributed by atoms with E-state index in [0.717, 1.165) is 21.8 Å². The molecule has 0 aliphatic heterocycles. The Bertz CT molecular complexity index is 1420. The lowest BCUT2D eigenvalue weighted by Gasteiger charge is -2.22. The number of benzene rings is 2. The van der Waals surface area contributed by atoms with Crippen LogP contribution in [0.15, 0.2) is 60.0 Å². The van der Waals surface area contributed by atoms with Gasteiger partial charge in [0.25, 0.3) is 0 Å². The van der Waals surface area contributed by atoms with Crippen LogP contribution < -0.4 is 19.5 Å². The second kappa shape index (κ2) is 12.8. The summed E-state index contributed by atoms with van der Waals surface area (Å²) in [4.78, 5) is 35.1. The van der Waals surface area contributed by atoms with Crippen LogP contribution in [0.2, 0.25) is 0 Å². The number of amides is 1. The minimum absolute atomic E-state index is 0.135. The third-order valence-electron chi connectivity index (χ3n) is 6.29. The van der Waals surface area contributed by atoms with E-state index in [1.54, 1.807) is 23.5 Å². The number of hydrogen-bond acceptors (Lipinski definition) is 7. The van der Waals surface area contributed by atoms with E-state index in [-0.39, 0.29) is 23.5 Å². The Kier molecular flexibility index (Phi) is 9.26. The highest BCUT2D eigenvalue weighted by molar-refractivity contribution is 7.13. The van der Waals surface area contributed by atoms with Gasteiger partial charge in [0, 0.05) is 17.5 Å². The molecule has 0 fully saturated rings. The van der Waals surface area contributed by atoms with Crippen LogP contribution in [-0.2, 0) is 9.59 Å². The van der Waals surface area contributed by atoms with Gasteiger partial charge in [0.05, 0.1) is 24.8 Å². The van der Waals surface area contributed by atoms with Crippen molar-refractivity contribution in [1.82, 2.24) is 15.3 Å². The number of esters is 1. The summed E-state index contributed by atoms with van der Waals surface area (Å²) in [7, 11) is 2.99. The molecule has 0 radical (unpaired) electrons. The molecule has 0 bridgehead atoms. The highest BCUT2D eigenvalue weighted by Crippen LogP contribution is 2.43. The molecule has 4 aromatic rings. The van der Waals surface area contributed by atoms with Crippen molar-refractivity contribution in [2.45, 2.75) is 40.2 Å². The number of hydrogen-bond donors (Lipinski definition) is 2. The van der Waals surface area contributed by atoms with Gasteiger partial charge in [-0.2, -0.15) is 0 Å². The Balaban J connectivity index is 1.70. The number of carbonyl (C=O) groups is 2. The molecule has 0 saturated heterocycles. The van der Waals surface area contributed by atoms with E-state index >= 15 is 0 Å². The van der Waals surface area contributed by atoms with Crippen molar-refractivity contribution in [3.8, 4) is 50.5 Å². The largest absolute Gasteiger partial charge is 0.493 e. The molecule has 0 aliphatic rings. The fraction of sp³-hybridized carbons (Fsp3) is 0.323. The maximum atomic E-state index is 13.2. The number of aromatic amines is 1. The highest BCUT2D eigenvalue weighted by Gasteiger charge is 2.29. The molecule has 1 atom stereocenters. The van der Waals surface area contributed by atoms with Crippen LogP contribution in [0.4, 0.5) is 0 Å². The average Bonchev–Trinajstić information content (AvgIpc) is 3.62. The van der Waals surface area contributed by atoms with Crippen LogP contribution in [0.3, 0.4) is 0 Å². The van der Waals surface area contributed by atoms with E-state index in [4.69, 9.17) is 19.2 Å². The molecule has 1 amide bonds.